The number of aromatic hydroxyl groups is 1. The molecule has 0 bridgehead atoms. The fourth-order valence-electron chi connectivity index (χ4n) is 4.67. The second kappa shape index (κ2) is 13.9. The van der Waals surface area contributed by atoms with Crippen molar-refractivity contribution in [3.05, 3.63) is 132 Å². The van der Waals surface area contributed by atoms with Crippen LogP contribution in [0.4, 0.5) is 11.4 Å². The third-order valence-electron chi connectivity index (χ3n) is 6.97. The average Bonchev–Trinajstić information content (AvgIpc) is 3.05. The van der Waals surface area contributed by atoms with Crippen LogP contribution in [-0.2, 0) is 16.4 Å². The number of phenolic OH excluding ortho intramolecular Hbond substituents is 1. The SMILES string of the molecule is COc1ccc(S(=O)(=O)Nc2cccc(CCOc3cccc(NC(=O)c4cccc(-c5ccc(O)cc5)c4)c3)c2)cc1C(=O)O. The van der Waals surface area contributed by atoms with Crippen molar-refractivity contribution in [1.29, 1.82) is 0 Å². The Hall–Kier alpha value is -5.81. The van der Waals surface area contributed by atoms with Gasteiger partial charge < -0.3 is 25.0 Å². The van der Waals surface area contributed by atoms with Crippen LogP contribution in [0.2, 0.25) is 0 Å². The van der Waals surface area contributed by atoms with Crippen LogP contribution in [0.5, 0.6) is 17.2 Å². The lowest BCUT2D eigenvalue weighted by Crippen LogP contribution is -2.14. The Kier molecular flexibility index (Phi) is 9.53. The van der Waals surface area contributed by atoms with Crippen molar-refractivity contribution in [3.8, 4) is 28.4 Å². The topological polar surface area (TPSA) is 151 Å². The average molecular weight is 639 g/mol. The van der Waals surface area contributed by atoms with Crippen molar-refractivity contribution >= 4 is 33.3 Å². The largest absolute Gasteiger partial charge is 0.508 e. The molecular formula is C35H30N2O8S. The summed E-state index contributed by atoms with van der Waals surface area (Å²) in [6.45, 7) is 0.280. The van der Waals surface area contributed by atoms with Gasteiger partial charge >= 0.3 is 5.97 Å². The minimum atomic E-state index is -4.07. The molecule has 5 aromatic rings. The molecule has 10 nitrogen and oxygen atoms in total. The van der Waals surface area contributed by atoms with Crippen LogP contribution >= 0.6 is 0 Å². The van der Waals surface area contributed by atoms with Crippen molar-refractivity contribution in [3.63, 3.8) is 0 Å². The summed E-state index contributed by atoms with van der Waals surface area (Å²) < 4.78 is 39.4. The molecule has 4 N–H and O–H groups in total. The lowest BCUT2D eigenvalue weighted by molar-refractivity contribution is 0.0692. The Morgan fingerprint density at radius 1 is 0.783 bits per heavy atom. The standard InChI is InChI=1S/C35H30N2O8S/c1-44-33-16-15-31(22-32(33)35(40)41)46(42,43)37-28-9-2-5-23(19-28)17-18-45-30-10-4-8-27(21-30)36-34(39)26-7-3-6-25(20-26)24-11-13-29(38)14-12-24/h2-16,19-22,37-38H,17-18H2,1H3,(H,36,39)(H,40,41). The summed E-state index contributed by atoms with van der Waals surface area (Å²) in [5.74, 6) is -0.828. The molecule has 0 saturated heterocycles. The maximum atomic E-state index is 13.0. The molecule has 0 aliphatic carbocycles. The van der Waals surface area contributed by atoms with Gasteiger partial charge in [-0.3, -0.25) is 9.52 Å². The highest BCUT2D eigenvalue weighted by Gasteiger charge is 2.20. The van der Waals surface area contributed by atoms with Gasteiger partial charge in [-0.25, -0.2) is 13.2 Å². The molecule has 0 fully saturated rings. The van der Waals surface area contributed by atoms with Gasteiger partial charge in [-0.05, 0) is 83.4 Å². The first-order valence-electron chi connectivity index (χ1n) is 14.1. The van der Waals surface area contributed by atoms with E-state index in [9.17, 15) is 28.2 Å². The molecular weight excluding hydrogens is 608 g/mol. The molecule has 0 heterocycles. The zero-order valence-corrected chi connectivity index (χ0v) is 25.5. The van der Waals surface area contributed by atoms with Gasteiger partial charge in [0.2, 0.25) is 0 Å². The molecule has 0 aliphatic heterocycles. The number of sulfonamides is 1. The van der Waals surface area contributed by atoms with Crippen LogP contribution in [0.3, 0.4) is 0 Å². The molecule has 0 unspecified atom stereocenters. The Morgan fingerprint density at radius 3 is 2.28 bits per heavy atom. The van der Waals surface area contributed by atoms with E-state index in [0.717, 1.165) is 22.8 Å². The predicted octanol–water partition coefficient (Wildman–Crippen LogP) is 6.44. The molecule has 0 atom stereocenters. The van der Waals surface area contributed by atoms with Gasteiger partial charge in [0.25, 0.3) is 15.9 Å². The first-order valence-corrected chi connectivity index (χ1v) is 15.6. The Labute approximate surface area is 265 Å². The minimum absolute atomic E-state index is 0.0538. The molecule has 1 amide bonds. The minimum Gasteiger partial charge on any atom is -0.508 e. The number of carbonyl (C=O) groups is 2. The molecule has 11 heteroatoms. The summed E-state index contributed by atoms with van der Waals surface area (Å²) in [7, 11) is -2.77. The molecule has 5 aromatic carbocycles. The van der Waals surface area contributed by atoms with E-state index in [0.29, 0.717) is 29.1 Å². The van der Waals surface area contributed by atoms with Gasteiger partial charge in [0.05, 0.1) is 18.6 Å². The quantitative estimate of drug-likeness (QED) is 0.122. The lowest BCUT2D eigenvalue weighted by atomic mass is 10.0. The number of nitrogens with one attached hydrogen (secondary N) is 2. The smallest absolute Gasteiger partial charge is 0.339 e. The zero-order valence-electron chi connectivity index (χ0n) is 24.6. The third-order valence-corrected chi connectivity index (χ3v) is 8.35. The van der Waals surface area contributed by atoms with Crippen LogP contribution in [0.15, 0.2) is 120 Å². The number of carbonyl (C=O) groups excluding carboxylic acids is 1. The summed E-state index contributed by atoms with van der Waals surface area (Å²) in [6.07, 6.45) is 0.460. The number of carboxylic acids is 1. The van der Waals surface area contributed by atoms with E-state index in [-0.39, 0.29) is 34.5 Å². The molecule has 0 aliphatic rings. The molecule has 0 aromatic heterocycles. The Bertz CT molecular complexity index is 1990. The van der Waals surface area contributed by atoms with E-state index in [1.165, 1.54) is 19.2 Å². The Balaban J connectivity index is 1.19. The summed E-state index contributed by atoms with van der Waals surface area (Å²) in [6, 6.07) is 31.4. The number of hydrogen-bond acceptors (Lipinski definition) is 7. The Morgan fingerprint density at radius 2 is 1.52 bits per heavy atom. The summed E-state index contributed by atoms with van der Waals surface area (Å²) in [4.78, 5) is 24.3. The number of benzene rings is 5. The summed E-state index contributed by atoms with van der Waals surface area (Å²) in [5.41, 5.74) is 3.59. The van der Waals surface area contributed by atoms with Gasteiger partial charge in [0, 0.05) is 29.4 Å². The number of carboxylic acid groups (broad SMARTS) is 1. The molecule has 0 saturated carbocycles. The highest BCUT2D eigenvalue weighted by atomic mass is 32.2. The van der Waals surface area contributed by atoms with Gasteiger partial charge in [0.1, 0.15) is 22.8 Å². The van der Waals surface area contributed by atoms with Crippen LogP contribution in [-0.4, -0.2) is 44.2 Å². The molecule has 0 spiro atoms. The number of phenols is 1. The van der Waals surface area contributed by atoms with Crippen molar-refractivity contribution in [2.24, 2.45) is 0 Å². The molecule has 46 heavy (non-hydrogen) atoms. The number of rotatable bonds is 12. The number of aromatic carboxylic acids is 1. The second-order valence-corrected chi connectivity index (χ2v) is 11.9. The van der Waals surface area contributed by atoms with E-state index < -0.39 is 16.0 Å². The van der Waals surface area contributed by atoms with Crippen LogP contribution in [0, 0.1) is 0 Å². The van der Waals surface area contributed by atoms with E-state index in [2.05, 4.69) is 10.0 Å². The second-order valence-electron chi connectivity index (χ2n) is 10.2. The van der Waals surface area contributed by atoms with Crippen LogP contribution in [0.25, 0.3) is 11.1 Å². The van der Waals surface area contributed by atoms with E-state index in [4.69, 9.17) is 9.47 Å². The van der Waals surface area contributed by atoms with Gasteiger partial charge in [-0.2, -0.15) is 0 Å². The van der Waals surface area contributed by atoms with E-state index >= 15 is 0 Å². The summed E-state index contributed by atoms with van der Waals surface area (Å²) in [5, 5.41) is 21.8. The fourth-order valence-corrected chi connectivity index (χ4v) is 5.75. The maximum absolute atomic E-state index is 13.0. The van der Waals surface area contributed by atoms with Crippen LogP contribution < -0.4 is 19.5 Å². The van der Waals surface area contributed by atoms with Crippen molar-refractivity contribution in [2.45, 2.75) is 11.3 Å². The van der Waals surface area contributed by atoms with Crippen LogP contribution in [0.1, 0.15) is 26.3 Å². The van der Waals surface area contributed by atoms with E-state index in [1.807, 2.05) is 12.1 Å². The summed E-state index contributed by atoms with van der Waals surface area (Å²) >= 11 is 0. The number of methoxy groups -OCH3 is 1. The van der Waals surface area contributed by atoms with Gasteiger partial charge in [0.15, 0.2) is 0 Å². The number of hydrogen-bond donors (Lipinski definition) is 4. The number of ether oxygens (including phenoxy) is 2. The monoisotopic (exact) mass is 638 g/mol. The lowest BCUT2D eigenvalue weighted by Gasteiger charge is -2.12. The third kappa shape index (κ3) is 7.82. The molecule has 234 valence electrons. The van der Waals surface area contributed by atoms with Crippen molar-refractivity contribution in [2.75, 3.05) is 23.8 Å². The van der Waals surface area contributed by atoms with Gasteiger partial charge in [-0.1, -0.05) is 42.5 Å². The number of anilines is 2. The number of amides is 1. The highest BCUT2D eigenvalue weighted by Crippen LogP contribution is 2.26. The zero-order chi connectivity index (χ0) is 32.7. The molecule has 5 rings (SSSR count). The fraction of sp³-hybridized carbons (Fsp3) is 0.0857. The maximum Gasteiger partial charge on any atom is 0.339 e. The van der Waals surface area contributed by atoms with E-state index in [1.54, 1.807) is 84.9 Å². The predicted molar refractivity (Wildman–Crippen MR) is 174 cm³/mol. The van der Waals surface area contributed by atoms with Gasteiger partial charge in [-0.15, -0.1) is 0 Å². The van der Waals surface area contributed by atoms with Crippen molar-refractivity contribution in [1.82, 2.24) is 0 Å². The van der Waals surface area contributed by atoms with Crippen molar-refractivity contribution < 1.29 is 37.7 Å². The first kappa shape index (κ1) is 31.6. The highest BCUT2D eigenvalue weighted by molar-refractivity contribution is 7.92. The molecule has 0 radical (unpaired) electrons. The normalized spacial score (nSPS) is 11.0. The first-order chi connectivity index (χ1) is 22.1.